The van der Waals surface area contributed by atoms with Gasteiger partial charge in [-0.1, -0.05) is 24.9 Å². The number of carbonyl (C=O) groups is 1. The number of fused-ring (bicyclic) bond motifs is 4. The average molecular weight is 688 g/mol. The summed E-state index contributed by atoms with van der Waals surface area (Å²) in [5.41, 5.74) is 3.84. The second kappa shape index (κ2) is 13.5. The van der Waals surface area contributed by atoms with E-state index in [2.05, 4.69) is 15.4 Å². The van der Waals surface area contributed by atoms with Gasteiger partial charge in [-0.25, -0.2) is 15.5 Å². The predicted molar refractivity (Wildman–Crippen MR) is 167 cm³/mol. The Balaban J connectivity index is 1.64. The van der Waals surface area contributed by atoms with Gasteiger partial charge in [-0.3, -0.25) is 19.2 Å². The highest BCUT2D eigenvalue weighted by Gasteiger charge is 2.32. The number of nitrogens with two attached hydrogens (primary N) is 2. The number of halogens is 6. The summed E-state index contributed by atoms with van der Waals surface area (Å²) in [4.78, 5) is 31.1. The third kappa shape index (κ3) is 7.02. The van der Waals surface area contributed by atoms with E-state index >= 15 is 0 Å². The zero-order chi connectivity index (χ0) is 34.9. The van der Waals surface area contributed by atoms with E-state index in [1.165, 1.54) is 41.2 Å². The highest BCUT2D eigenvalue weighted by Crippen LogP contribution is 2.37. The van der Waals surface area contributed by atoms with E-state index in [1.807, 2.05) is 6.07 Å². The van der Waals surface area contributed by atoms with Crippen molar-refractivity contribution in [3.8, 4) is 28.6 Å². The first kappa shape index (κ1) is 34.1. The Morgan fingerprint density at radius 1 is 1.19 bits per heavy atom. The van der Waals surface area contributed by atoms with E-state index in [1.54, 1.807) is 13.0 Å². The molecule has 2 unspecified atom stereocenters. The fraction of sp³-hybridized carbons (Fsp3) is 0.258. The molecule has 0 aliphatic carbocycles. The van der Waals surface area contributed by atoms with E-state index in [0.29, 0.717) is 34.3 Å². The number of carbonyl (C=O) groups excluding carboxylic acids is 1. The second-order valence-electron chi connectivity index (χ2n) is 11.1. The van der Waals surface area contributed by atoms with E-state index in [-0.39, 0.29) is 50.9 Å². The predicted octanol–water partition coefficient (Wildman–Crippen LogP) is 6.08. The van der Waals surface area contributed by atoms with E-state index in [9.17, 15) is 36.8 Å². The molecular formula is C31H27ClF5N9O2. The molecule has 17 heteroatoms. The van der Waals surface area contributed by atoms with E-state index in [0.717, 1.165) is 12.3 Å². The Kier molecular flexibility index (Phi) is 9.55. The lowest BCUT2D eigenvalue weighted by atomic mass is 9.92. The number of benzene rings is 2. The van der Waals surface area contributed by atoms with Crippen molar-refractivity contribution in [3.05, 3.63) is 93.4 Å². The first-order valence-electron chi connectivity index (χ1n) is 14.4. The fourth-order valence-corrected chi connectivity index (χ4v) is 5.60. The number of hydrogen-bond acceptors (Lipinski definition) is 8. The van der Waals surface area contributed by atoms with Gasteiger partial charge in [0, 0.05) is 34.3 Å². The minimum absolute atomic E-state index is 0.00679. The van der Waals surface area contributed by atoms with Crippen molar-refractivity contribution >= 4 is 28.9 Å². The minimum atomic E-state index is -4.85. The molecule has 2 bridgehead atoms. The molecule has 5 N–H and O–H groups in total. The Morgan fingerprint density at radius 3 is 2.60 bits per heavy atom. The number of nitrogens with zero attached hydrogens (tertiary/aromatic N) is 6. The molecule has 48 heavy (non-hydrogen) atoms. The number of nitriles is 1. The molecule has 5 rings (SSSR count). The third-order valence-electron chi connectivity index (χ3n) is 7.83. The number of aromatic nitrogens is 4. The SMILES string of the molecule is CC1CCCC(n2cnc(-c3cc(Cl)ccc3N(N)/C=C(\N)C(F)(F)F)cc2=O)c2cc(C#N)cc(c2)-c2c(cnn2C(F)F)NC1=O. The Morgan fingerprint density at radius 2 is 1.94 bits per heavy atom. The molecule has 0 fully saturated rings. The van der Waals surface area contributed by atoms with Gasteiger partial charge in [0.1, 0.15) is 5.70 Å². The van der Waals surface area contributed by atoms with Crippen LogP contribution in [0.15, 0.2) is 71.7 Å². The van der Waals surface area contributed by atoms with Crippen LogP contribution in [0.4, 0.5) is 33.3 Å². The number of hydrazine groups is 1. The van der Waals surface area contributed by atoms with Crippen molar-refractivity contribution in [2.24, 2.45) is 17.5 Å². The largest absolute Gasteiger partial charge is 0.432 e. The molecule has 1 aliphatic heterocycles. The zero-order valence-corrected chi connectivity index (χ0v) is 25.8. The summed E-state index contributed by atoms with van der Waals surface area (Å²) in [5, 5.41) is 17.1. The topological polar surface area (TPSA) is 161 Å². The van der Waals surface area contributed by atoms with Crippen molar-refractivity contribution in [3.63, 3.8) is 0 Å². The van der Waals surface area contributed by atoms with Gasteiger partial charge in [-0.2, -0.15) is 32.3 Å². The highest BCUT2D eigenvalue weighted by atomic mass is 35.5. The zero-order valence-electron chi connectivity index (χ0n) is 25.0. The van der Waals surface area contributed by atoms with Gasteiger partial charge in [-0.15, -0.1) is 0 Å². The third-order valence-corrected chi connectivity index (χ3v) is 8.07. The lowest BCUT2D eigenvalue weighted by Gasteiger charge is -2.24. The van der Waals surface area contributed by atoms with E-state index < -0.39 is 41.8 Å². The smallest absolute Gasteiger partial charge is 0.393 e. The molecule has 2 atom stereocenters. The summed E-state index contributed by atoms with van der Waals surface area (Å²) < 4.78 is 69.1. The number of rotatable bonds is 5. The van der Waals surface area contributed by atoms with Crippen molar-refractivity contribution in [1.82, 2.24) is 19.3 Å². The summed E-state index contributed by atoms with van der Waals surface area (Å²) in [5.74, 6) is 4.96. The van der Waals surface area contributed by atoms with Crippen molar-refractivity contribution < 1.29 is 26.7 Å². The van der Waals surface area contributed by atoms with Crippen molar-refractivity contribution in [2.45, 2.75) is 45.0 Å². The van der Waals surface area contributed by atoms with Crippen LogP contribution in [0, 0.1) is 17.2 Å². The van der Waals surface area contributed by atoms with Gasteiger partial charge < -0.3 is 11.1 Å². The lowest BCUT2D eigenvalue weighted by Crippen LogP contribution is -2.30. The summed E-state index contributed by atoms with van der Waals surface area (Å²) in [6, 6.07) is 10.9. The quantitative estimate of drug-likeness (QED) is 0.129. The number of amides is 1. The maximum atomic E-state index is 14.0. The van der Waals surface area contributed by atoms with Gasteiger partial charge in [0.2, 0.25) is 5.91 Å². The normalized spacial score (nSPS) is 17.2. The molecule has 1 amide bonds. The molecule has 2 aromatic heterocycles. The number of hydrogen-bond donors (Lipinski definition) is 3. The Bertz CT molecular complexity index is 2000. The van der Waals surface area contributed by atoms with E-state index in [4.69, 9.17) is 23.2 Å². The van der Waals surface area contributed by atoms with Crippen LogP contribution in [0.1, 0.15) is 49.9 Å². The molecule has 4 aromatic rings. The van der Waals surface area contributed by atoms with Crippen LogP contribution < -0.4 is 27.5 Å². The van der Waals surface area contributed by atoms with Crippen molar-refractivity contribution in [1.29, 1.82) is 5.26 Å². The highest BCUT2D eigenvalue weighted by molar-refractivity contribution is 6.31. The monoisotopic (exact) mass is 687 g/mol. The molecule has 0 saturated heterocycles. The summed E-state index contributed by atoms with van der Waals surface area (Å²) >= 11 is 6.18. The molecular weight excluding hydrogens is 661 g/mol. The van der Waals surface area contributed by atoms with Crippen molar-refractivity contribution in [2.75, 3.05) is 10.3 Å². The maximum absolute atomic E-state index is 14.0. The average Bonchev–Trinajstić information content (AvgIpc) is 3.45. The Labute approximate surface area is 274 Å². The molecule has 250 valence electrons. The summed E-state index contributed by atoms with van der Waals surface area (Å²) in [6.45, 7) is -1.38. The molecule has 3 heterocycles. The second-order valence-corrected chi connectivity index (χ2v) is 11.5. The maximum Gasteiger partial charge on any atom is 0.432 e. The molecule has 2 aromatic carbocycles. The number of anilines is 2. The fourth-order valence-electron chi connectivity index (χ4n) is 5.43. The van der Waals surface area contributed by atoms with Crippen LogP contribution in [0.2, 0.25) is 5.02 Å². The first-order valence-corrected chi connectivity index (χ1v) is 14.7. The lowest BCUT2D eigenvalue weighted by molar-refractivity contribution is -0.119. The minimum Gasteiger partial charge on any atom is -0.393 e. The van der Waals surface area contributed by atoms with Crippen LogP contribution in [0.3, 0.4) is 0 Å². The van der Waals surface area contributed by atoms with Gasteiger partial charge in [-0.05, 0) is 54.8 Å². The number of nitrogens with one attached hydrogen (secondary N) is 1. The molecule has 0 saturated carbocycles. The van der Waals surface area contributed by atoms with Crippen LogP contribution in [0.25, 0.3) is 22.5 Å². The van der Waals surface area contributed by atoms with Gasteiger partial charge in [0.25, 0.3) is 5.56 Å². The Hall–Kier alpha value is -5.27. The number of allylic oxidation sites excluding steroid dienone is 1. The summed E-state index contributed by atoms with van der Waals surface area (Å²) in [7, 11) is 0. The van der Waals surface area contributed by atoms with Crippen LogP contribution >= 0.6 is 11.6 Å². The van der Waals surface area contributed by atoms with Crippen LogP contribution in [-0.2, 0) is 4.79 Å². The first-order chi connectivity index (χ1) is 22.7. The van der Waals surface area contributed by atoms with Gasteiger partial charge in [0.05, 0.1) is 53.0 Å². The molecule has 0 spiro atoms. The summed E-state index contributed by atoms with van der Waals surface area (Å²) in [6.07, 6.45) is -0.930. The van der Waals surface area contributed by atoms with Gasteiger partial charge >= 0.3 is 12.7 Å². The van der Waals surface area contributed by atoms with Crippen LogP contribution in [-0.4, -0.2) is 31.4 Å². The standard InChI is InChI=1S/C31H27ClF5N9O2/c1-16-3-2-4-24(18-7-17(12-38)8-19(9-18)28-23(43-29(16)48)13-42-46(28)30(33)34)44-15-41-22(11-27(44)47)21-10-20(32)5-6-25(21)45(40)14-26(39)31(35,36)37/h5-11,13-16,24,30H,2-4,39-40H2,1H3,(H,43,48)/b26-14-. The number of alkyl halides is 5. The molecule has 11 nitrogen and oxygen atoms in total. The molecule has 0 radical (unpaired) electrons. The molecule has 1 aliphatic rings. The van der Waals surface area contributed by atoms with Gasteiger partial charge in [0.15, 0.2) is 0 Å². The van der Waals surface area contributed by atoms with Crippen LogP contribution in [0.5, 0.6) is 0 Å².